The van der Waals surface area contributed by atoms with Gasteiger partial charge in [0.05, 0.1) is 21.2 Å². The number of rotatable bonds is 0. The van der Waals surface area contributed by atoms with Crippen LogP contribution in [0.25, 0.3) is 0 Å². The standard InChI is InChI=1S/C5H12FN2O/c1-7(2)5(9-4)8(3)6/h1-4H3/q+1. The minimum atomic E-state index is 0.190. The Morgan fingerprint density at radius 3 is 2.00 bits per heavy atom. The number of amidine groups is 1. The highest BCUT2D eigenvalue weighted by molar-refractivity contribution is 5.66. The van der Waals surface area contributed by atoms with Gasteiger partial charge in [-0.1, -0.05) is 0 Å². The molecule has 0 bridgehead atoms. The summed E-state index contributed by atoms with van der Waals surface area (Å²) in [5.41, 5.74) is 0. The molecule has 0 heterocycles. The van der Waals surface area contributed by atoms with Gasteiger partial charge in [-0.05, 0) is 5.12 Å². The summed E-state index contributed by atoms with van der Waals surface area (Å²) in [6.45, 7) is 0. The van der Waals surface area contributed by atoms with Crippen molar-refractivity contribution in [2.24, 2.45) is 0 Å². The van der Waals surface area contributed by atoms with Crippen LogP contribution in [0.1, 0.15) is 0 Å². The van der Waals surface area contributed by atoms with Gasteiger partial charge in [0.15, 0.2) is 0 Å². The Bertz CT molecular complexity index is 118. The third kappa shape index (κ3) is 2.30. The van der Waals surface area contributed by atoms with Crippen molar-refractivity contribution in [1.82, 2.24) is 5.12 Å². The fraction of sp³-hybridized carbons (Fsp3) is 0.800. The molecule has 54 valence electrons. The van der Waals surface area contributed by atoms with Crippen molar-refractivity contribution in [3.8, 4) is 0 Å². The molecule has 0 aromatic rings. The highest BCUT2D eigenvalue weighted by Crippen LogP contribution is 1.85. The van der Waals surface area contributed by atoms with E-state index in [0.717, 1.165) is 0 Å². The molecule has 0 rings (SSSR count). The van der Waals surface area contributed by atoms with Crippen molar-refractivity contribution in [1.29, 1.82) is 0 Å². The van der Waals surface area contributed by atoms with Crippen LogP contribution >= 0.6 is 0 Å². The van der Waals surface area contributed by atoms with Crippen LogP contribution in [0.2, 0.25) is 0 Å². The predicted molar refractivity (Wildman–Crippen MR) is 33.0 cm³/mol. The summed E-state index contributed by atoms with van der Waals surface area (Å²) in [5.74, 6) is 0. The molecule has 0 aromatic carbocycles. The molecule has 0 aliphatic carbocycles. The highest BCUT2D eigenvalue weighted by atomic mass is 19.2. The maximum absolute atomic E-state index is 12.2. The van der Waals surface area contributed by atoms with Crippen LogP contribution in [0.15, 0.2) is 0 Å². The zero-order valence-corrected chi connectivity index (χ0v) is 6.18. The third-order valence-electron chi connectivity index (χ3n) is 0.829. The van der Waals surface area contributed by atoms with Crippen LogP contribution in [0.5, 0.6) is 0 Å². The summed E-state index contributed by atoms with van der Waals surface area (Å²) in [5, 5.41) is 0.417. The number of halogens is 1. The van der Waals surface area contributed by atoms with E-state index in [1.807, 2.05) is 0 Å². The van der Waals surface area contributed by atoms with E-state index >= 15 is 0 Å². The zero-order valence-electron chi connectivity index (χ0n) is 6.18. The molecule has 0 aliphatic rings. The summed E-state index contributed by atoms with van der Waals surface area (Å²) < 4.78 is 18.5. The van der Waals surface area contributed by atoms with Gasteiger partial charge in [0.2, 0.25) is 0 Å². The normalized spacial score (nSPS) is 8.56. The molecule has 0 amide bonds. The monoisotopic (exact) mass is 135 g/mol. The number of methoxy groups -OCH3 is 1. The largest absolute Gasteiger partial charge is 0.481 e. The molecule has 0 spiro atoms. The molecule has 0 saturated heterocycles. The van der Waals surface area contributed by atoms with Crippen molar-refractivity contribution >= 4 is 6.02 Å². The van der Waals surface area contributed by atoms with Crippen molar-refractivity contribution in [2.45, 2.75) is 0 Å². The second-order valence-electron chi connectivity index (χ2n) is 1.86. The predicted octanol–water partition coefficient (Wildman–Crippen LogP) is 0.0772. The van der Waals surface area contributed by atoms with Gasteiger partial charge in [0.1, 0.15) is 7.05 Å². The summed E-state index contributed by atoms with van der Waals surface area (Å²) in [4.78, 5) is 0. The first-order valence-corrected chi connectivity index (χ1v) is 2.57. The molecule has 4 heteroatoms. The molecule has 0 atom stereocenters. The smallest absolute Gasteiger partial charge is 0.433 e. The SMILES string of the molecule is COC(N(C)F)=[N+](C)C. The summed E-state index contributed by atoms with van der Waals surface area (Å²) in [6, 6.07) is 0.190. The zero-order chi connectivity index (χ0) is 7.44. The van der Waals surface area contributed by atoms with Gasteiger partial charge in [-0.2, -0.15) is 0 Å². The lowest BCUT2D eigenvalue weighted by Crippen LogP contribution is -2.28. The Morgan fingerprint density at radius 2 is 2.00 bits per heavy atom. The molecule has 0 N–H and O–H groups in total. The number of nitrogens with zero attached hydrogens (tertiary/aromatic N) is 2. The Kier molecular flexibility index (Phi) is 2.98. The van der Waals surface area contributed by atoms with Gasteiger partial charge in [-0.3, -0.25) is 0 Å². The first kappa shape index (κ1) is 8.20. The summed E-state index contributed by atoms with van der Waals surface area (Å²) in [6.07, 6.45) is 0. The molecule has 0 radical (unpaired) electrons. The number of hydrogen-bond acceptors (Lipinski definition) is 1. The summed E-state index contributed by atoms with van der Waals surface area (Å²) in [7, 11) is 6.11. The van der Waals surface area contributed by atoms with E-state index in [-0.39, 0.29) is 6.02 Å². The molecule has 0 unspecified atom stereocenters. The maximum Gasteiger partial charge on any atom is 0.481 e. The van der Waals surface area contributed by atoms with Crippen LogP contribution in [0.3, 0.4) is 0 Å². The minimum Gasteiger partial charge on any atom is -0.433 e. The summed E-state index contributed by atoms with van der Waals surface area (Å²) >= 11 is 0. The highest BCUT2D eigenvalue weighted by Gasteiger charge is 2.14. The first-order chi connectivity index (χ1) is 4.09. The first-order valence-electron chi connectivity index (χ1n) is 2.57. The van der Waals surface area contributed by atoms with E-state index < -0.39 is 0 Å². The topological polar surface area (TPSA) is 15.5 Å². The van der Waals surface area contributed by atoms with Crippen molar-refractivity contribution in [3.63, 3.8) is 0 Å². The van der Waals surface area contributed by atoms with Crippen LogP contribution in [0.4, 0.5) is 4.48 Å². The molecule has 0 saturated carbocycles. The van der Waals surface area contributed by atoms with Crippen molar-refractivity contribution in [3.05, 3.63) is 0 Å². The van der Waals surface area contributed by atoms with Crippen LogP contribution in [-0.4, -0.2) is 44.0 Å². The average Bonchev–Trinajstić information content (AvgIpc) is 1.64. The fourth-order valence-electron chi connectivity index (χ4n) is 0.584. The van der Waals surface area contributed by atoms with Crippen LogP contribution in [-0.2, 0) is 4.74 Å². The molecule has 0 aliphatic heterocycles. The maximum atomic E-state index is 12.2. The Labute approximate surface area is 54.3 Å². The molecule has 0 aromatic heterocycles. The van der Waals surface area contributed by atoms with E-state index in [4.69, 9.17) is 0 Å². The van der Waals surface area contributed by atoms with Crippen LogP contribution in [0, 0.1) is 0 Å². The average molecular weight is 135 g/mol. The molecular formula is C5H12FN2O+. The molecule has 9 heavy (non-hydrogen) atoms. The van der Waals surface area contributed by atoms with E-state index in [1.54, 1.807) is 18.7 Å². The van der Waals surface area contributed by atoms with Crippen LogP contribution < -0.4 is 0 Å². The second kappa shape index (κ2) is 3.27. The van der Waals surface area contributed by atoms with Gasteiger partial charge in [-0.25, -0.2) is 4.58 Å². The molecule has 3 nitrogen and oxygen atoms in total. The van der Waals surface area contributed by atoms with E-state index in [9.17, 15) is 4.48 Å². The van der Waals surface area contributed by atoms with E-state index in [1.165, 1.54) is 14.2 Å². The van der Waals surface area contributed by atoms with Gasteiger partial charge in [0, 0.05) is 4.48 Å². The third-order valence-corrected chi connectivity index (χ3v) is 0.829. The second-order valence-corrected chi connectivity index (χ2v) is 1.86. The molecular weight excluding hydrogens is 123 g/mol. The lowest BCUT2D eigenvalue weighted by molar-refractivity contribution is -0.483. The lowest BCUT2D eigenvalue weighted by Gasteiger charge is -2.01. The Hall–Kier alpha value is -0.800. The Balaban J connectivity index is 4.16. The lowest BCUT2D eigenvalue weighted by atomic mass is 10.9. The van der Waals surface area contributed by atoms with Crippen molar-refractivity contribution in [2.75, 3.05) is 28.3 Å². The Morgan fingerprint density at radius 1 is 1.56 bits per heavy atom. The minimum absolute atomic E-state index is 0.190. The molecule has 0 fully saturated rings. The quantitative estimate of drug-likeness (QED) is 0.202. The van der Waals surface area contributed by atoms with Gasteiger partial charge >= 0.3 is 6.02 Å². The number of ether oxygens (including phenoxy) is 1. The number of hydrogen-bond donors (Lipinski definition) is 0. The van der Waals surface area contributed by atoms with E-state index in [0.29, 0.717) is 5.12 Å². The van der Waals surface area contributed by atoms with Gasteiger partial charge < -0.3 is 4.74 Å². The fourth-order valence-corrected chi connectivity index (χ4v) is 0.584. The van der Waals surface area contributed by atoms with Gasteiger partial charge in [-0.15, -0.1) is 0 Å². The van der Waals surface area contributed by atoms with Gasteiger partial charge in [0.25, 0.3) is 0 Å². The van der Waals surface area contributed by atoms with E-state index in [2.05, 4.69) is 4.74 Å². The van der Waals surface area contributed by atoms with Crippen molar-refractivity contribution < 1.29 is 13.8 Å².